The van der Waals surface area contributed by atoms with Crippen molar-refractivity contribution >= 4 is 21.8 Å². The van der Waals surface area contributed by atoms with Crippen LogP contribution in [0.4, 0.5) is 0 Å². The molecule has 0 spiro atoms. The van der Waals surface area contributed by atoms with Crippen LogP contribution in [-0.4, -0.2) is 54.0 Å². The van der Waals surface area contributed by atoms with E-state index in [2.05, 4.69) is 10.2 Å². The fourth-order valence-electron chi connectivity index (χ4n) is 2.39. The number of benzene rings is 1. The zero-order chi connectivity index (χ0) is 16.4. The van der Waals surface area contributed by atoms with Gasteiger partial charge in [-0.3, -0.25) is 4.90 Å². The lowest BCUT2D eigenvalue weighted by Gasteiger charge is -2.31. The van der Waals surface area contributed by atoms with E-state index in [4.69, 9.17) is 21.2 Å². The first-order valence-electron chi connectivity index (χ1n) is 7.01. The van der Waals surface area contributed by atoms with Crippen LogP contribution in [0.25, 0.3) is 11.5 Å². The Morgan fingerprint density at radius 2 is 1.87 bits per heavy atom. The summed E-state index contributed by atoms with van der Waals surface area (Å²) in [6.07, 6.45) is 0. The van der Waals surface area contributed by atoms with Gasteiger partial charge >= 0.3 is 0 Å². The number of hydrogen-bond acceptors (Lipinski definition) is 6. The Kier molecular flexibility index (Phi) is 4.64. The molecule has 8 nitrogen and oxygen atoms in total. The van der Waals surface area contributed by atoms with Gasteiger partial charge < -0.3 is 4.42 Å². The van der Waals surface area contributed by atoms with Gasteiger partial charge in [-0.2, -0.15) is 12.7 Å². The summed E-state index contributed by atoms with van der Waals surface area (Å²) in [5.74, 6) is 0.831. The molecule has 1 aromatic heterocycles. The van der Waals surface area contributed by atoms with E-state index in [1.54, 1.807) is 6.07 Å². The van der Waals surface area contributed by atoms with Crippen molar-refractivity contribution in [3.63, 3.8) is 0 Å². The van der Waals surface area contributed by atoms with Crippen LogP contribution in [0.2, 0.25) is 5.02 Å². The van der Waals surface area contributed by atoms with Crippen LogP contribution >= 0.6 is 11.6 Å². The predicted molar refractivity (Wildman–Crippen MR) is 84.7 cm³/mol. The highest BCUT2D eigenvalue weighted by atomic mass is 35.5. The molecule has 0 aliphatic carbocycles. The van der Waals surface area contributed by atoms with Crippen LogP contribution < -0.4 is 5.14 Å². The number of nitrogens with zero attached hydrogens (tertiary/aromatic N) is 4. The highest BCUT2D eigenvalue weighted by molar-refractivity contribution is 7.86. The molecule has 1 aliphatic rings. The summed E-state index contributed by atoms with van der Waals surface area (Å²) < 4.78 is 29.4. The molecule has 23 heavy (non-hydrogen) atoms. The van der Waals surface area contributed by atoms with Crippen molar-refractivity contribution in [3.8, 4) is 11.5 Å². The smallest absolute Gasteiger partial charge is 0.276 e. The third-order valence-electron chi connectivity index (χ3n) is 3.62. The molecule has 2 N–H and O–H groups in total. The first-order valence-corrected chi connectivity index (χ1v) is 8.89. The molecular weight excluding hydrogens is 342 g/mol. The highest BCUT2D eigenvalue weighted by Crippen LogP contribution is 2.26. The minimum absolute atomic E-state index is 0.352. The van der Waals surface area contributed by atoms with Gasteiger partial charge in [0.2, 0.25) is 11.8 Å². The summed E-state index contributed by atoms with van der Waals surface area (Å²) in [5.41, 5.74) is 0.687. The number of aromatic nitrogens is 2. The molecule has 124 valence electrons. The van der Waals surface area contributed by atoms with Crippen molar-refractivity contribution < 1.29 is 12.8 Å². The lowest BCUT2D eigenvalue weighted by atomic mass is 10.2. The molecule has 2 heterocycles. The molecular formula is C13H16ClN5O3S. The van der Waals surface area contributed by atoms with E-state index in [-0.39, 0.29) is 0 Å². The maximum absolute atomic E-state index is 11.3. The van der Waals surface area contributed by atoms with Crippen LogP contribution in [-0.2, 0) is 16.8 Å². The van der Waals surface area contributed by atoms with Gasteiger partial charge in [0, 0.05) is 26.2 Å². The average Bonchev–Trinajstić information content (AvgIpc) is 2.95. The molecule has 1 aromatic carbocycles. The van der Waals surface area contributed by atoms with Gasteiger partial charge in [0.25, 0.3) is 10.2 Å². The van der Waals surface area contributed by atoms with Crippen molar-refractivity contribution in [2.45, 2.75) is 6.54 Å². The quantitative estimate of drug-likeness (QED) is 0.863. The summed E-state index contributed by atoms with van der Waals surface area (Å²) in [6.45, 7) is 2.27. The summed E-state index contributed by atoms with van der Waals surface area (Å²) in [7, 11) is -3.62. The Morgan fingerprint density at radius 1 is 1.17 bits per heavy atom. The van der Waals surface area contributed by atoms with E-state index in [0.717, 1.165) is 0 Å². The first kappa shape index (κ1) is 16.3. The molecule has 0 amide bonds. The summed E-state index contributed by atoms with van der Waals surface area (Å²) in [4.78, 5) is 2.03. The van der Waals surface area contributed by atoms with Crippen LogP contribution in [0, 0.1) is 0 Å². The molecule has 1 saturated heterocycles. The summed E-state index contributed by atoms with van der Waals surface area (Å²) in [5, 5.41) is 13.7. The zero-order valence-electron chi connectivity index (χ0n) is 12.2. The van der Waals surface area contributed by atoms with Crippen LogP contribution in [0.3, 0.4) is 0 Å². The van der Waals surface area contributed by atoms with E-state index in [1.807, 2.05) is 23.1 Å². The van der Waals surface area contributed by atoms with Crippen molar-refractivity contribution in [1.82, 2.24) is 19.4 Å². The normalized spacial score (nSPS) is 17.5. The second-order valence-corrected chi connectivity index (χ2v) is 7.15. The van der Waals surface area contributed by atoms with Gasteiger partial charge in [0.1, 0.15) is 0 Å². The Morgan fingerprint density at radius 3 is 2.52 bits per heavy atom. The lowest BCUT2D eigenvalue weighted by Crippen LogP contribution is -2.50. The molecule has 0 unspecified atom stereocenters. The summed E-state index contributed by atoms with van der Waals surface area (Å²) in [6, 6.07) is 7.24. The molecule has 1 fully saturated rings. The van der Waals surface area contributed by atoms with Gasteiger partial charge in [-0.05, 0) is 12.1 Å². The Hall–Kier alpha value is -1.52. The third-order valence-corrected chi connectivity index (χ3v) is 5.04. The van der Waals surface area contributed by atoms with Crippen molar-refractivity contribution in [2.24, 2.45) is 5.14 Å². The molecule has 10 heteroatoms. The number of hydrogen-bond donors (Lipinski definition) is 1. The van der Waals surface area contributed by atoms with Gasteiger partial charge in [-0.1, -0.05) is 23.7 Å². The van der Waals surface area contributed by atoms with E-state index < -0.39 is 10.2 Å². The lowest BCUT2D eigenvalue weighted by molar-refractivity contribution is 0.168. The Bertz CT molecular complexity index is 786. The van der Waals surface area contributed by atoms with E-state index in [0.29, 0.717) is 55.1 Å². The van der Waals surface area contributed by atoms with Crippen LogP contribution in [0.5, 0.6) is 0 Å². The standard InChI is InChI=1S/C13H16ClN5O3S/c14-11-4-2-1-3-10(11)13-17-16-12(22-13)9-18-5-7-19(8-6-18)23(15,20)21/h1-4H,5-9H2,(H2,15,20,21). The second-order valence-electron chi connectivity index (χ2n) is 5.20. The second kappa shape index (κ2) is 6.54. The first-order chi connectivity index (χ1) is 10.9. The number of nitrogens with two attached hydrogens (primary N) is 1. The monoisotopic (exact) mass is 357 g/mol. The van der Waals surface area contributed by atoms with Crippen LogP contribution in [0.1, 0.15) is 5.89 Å². The number of rotatable bonds is 4. The maximum atomic E-state index is 11.3. The van der Waals surface area contributed by atoms with E-state index >= 15 is 0 Å². The van der Waals surface area contributed by atoms with Crippen LogP contribution in [0.15, 0.2) is 28.7 Å². The average molecular weight is 358 g/mol. The topological polar surface area (TPSA) is 106 Å². The third kappa shape index (κ3) is 3.88. The zero-order valence-corrected chi connectivity index (χ0v) is 13.8. The predicted octanol–water partition coefficient (Wildman–Crippen LogP) is 0.711. The van der Waals surface area contributed by atoms with Crippen molar-refractivity contribution in [3.05, 3.63) is 35.2 Å². The molecule has 0 bridgehead atoms. The van der Waals surface area contributed by atoms with Gasteiger partial charge in [-0.15, -0.1) is 10.2 Å². The largest absolute Gasteiger partial charge is 0.419 e. The minimum atomic E-state index is -3.62. The minimum Gasteiger partial charge on any atom is -0.419 e. The van der Waals surface area contributed by atoms with E-state index in [9.17, 15) is 8.42 Å². The molecule has 3 rings (SSSR count). The molecule has 2 aromatic rings. The highest BCUT2D eigenvalue weighted by Gasteiger charge is 2.25. The fourth-order valence-corrected chi connectivity index (χ4v) is 3.28. The number of piperazine rings is 1. The van der Waals surface area contributed by atoms with Gasteiger partial charge in [0.05, 0.1) is 17.1 Å². The maximum Gasteiger partial charge on any atom is 0.276 e. The Labute approximate surface area is 139 Å². The molecule has 1 aliphatic heterocycles. The van der Waals surface area contributed by atoms with Gasteiger partial charge in [-0.25, -0.2) is 5.14 Å². The summed E-state index contributed by atoms with van der Waals surface area (Å²) >= 11 is 6.11. The van der Waals surface area contributed by atoms with Crippen molar-refractivity contribution in [1.29, 1.82) is 0 Å². The molecule has 0 radical (unpaired) electrons. The molecule has 0 saturated carbocycles. The van der Waals surface area contributed by atoms with Crippen molar-refractivity contribution in [2.75, 3.05) is 26.2 Å². The molecule has 0 atom stereocenters. The SMILES string of the molecule is NS(=O)(=O)N1CCN(Cc2nnc(-c3ccccc3Cl)o2)CC1. The Balaban J connectivity index is 1.64. The fraction of sp³-hybridized carbons (Fsp3) is 0.385. The van der Waals surface area contributed by atoms with E-state index in [1.165, 1.54) is 4.31 Å². The number of halogens is 1. The van der Waals surface area contributed by atoms with Gasteiger partial charge in [0.15, 0.2) is 0 Å².